The van der Waals surface area contributed by atoms with Gasteiger partial charge in [-0.2, -0.15) is 0 Å². The molecule has 0 saturated carbocycles. The summed E-state index contributed by atoms with van der Waals surface area (Å²) in [6.45, 7) is 2.37. The van der Waals surface area contributed by atoms with Gasteiger partial charge in [-0.25, -0.2) is 13.4 Å². The number of rotatable bonds is 5. The van der Waals surface area contributed by atoms with Crippen LogP contribution in [0, 0.1) is 6.92 Å². The Bertz CT molecular complexity index is 1120. The molecule has 2 aromatic heterocycles. The Morgan fingerprint density at radius 1 is 1.14 bits per heavy atom. The second-order valence-corrected chi connectivity index (χ2v) is 9.72. The van der Waals surface area contributed by atoms with Crippen molar-refractivity contribution >= 4 is 21.4 Å². The summed E-state index contributed by atoms with van der Waals surface area (Å²) in [5, 5.41) is 2.91. The summed E-state index contributed by atoms with van der Waals surface area (Å²) in [4.78, 5) is 16.9. The predicted octanol–water partition coefficient (Wildman–Crippen LogP) is 2.53. The summed E-state index contributed by atoms with van der Waals surface area (Å²) in [5.41, 5.74) is 3.38. The summed E-state index contributed by atoms with van der Waals surface area (Å²) < 4.78 is 30.7. The van der Waals surface area contributed by atoms with Gasteiger partial charge >= 0.3 is 0 Å². The highest BCUT2D eigenvalue weighted by atomic mass is 32.2. The first-order chi connectivity index (χ1) is 13.9. The maximum atomic E-state index is 12.4. The van der Waals surface area contributed by atoms with Gasteiger partial charge in [0.15, 0.2) is 0 Å². The zero-order valence-electron chi connectivity index (χ0n) is 16.2. The van der Waals surface area contributed by atoms with Gasteiger partial charge < -0.3 is 14.5 Å². The highest BCUT2D eigenvalue weighted by Gasteiger charge is 2.24. The lowest BCUT2D eigenvalue weighted by Crippen LogP contribution is -2.40. The van der Waals surface area contributed by atoms with Crippen molar-refractivity contribution in [2.45, 2.75) is 32.4 Å². The fourth-order valence-corrected chi connectivity index (χ4v) is 4.88. The zero-order chi connectivity index (χ0) is 20.4. The Kier molecular flexibility index (Phi) is 5.27. The van der Waals surface area contributed by atoms with Crippen molar-refractivity contribution in [3.63, 3.8) is 0 Å². The minimum atomic E-state index is -2.94. The largest absolute Gasteiger partial charge is 0.487 e. The van der Waals surface area contributed by atoms with Gasteiger partial charge in [-0.3, -0.25) is 4.79 Å². The first kappa shape index (κ1) is 19.4. The SMILES string of the molecule is Cc1ccc2nc(COc3ccc(C(=O)NC4CCS(=O)(=O)CC4)cc3)cn2c1. The van der Waals surface area contributed by atoms with Crippen LogP contribution in [0.3, 0.4) is 0 Å². The van der Waals surface area contributed by atoms with Crippen LogP contribution in [0.1, 0.15) is 34.5 Å². The van der Waals surface area contributed by atoms with Gasteiger partial charge in [-0.15, -0.1) is 0 Å². The average molecular weight is 413 g/mol. The molecule has 3 heterocycles. The molecular formula is C21H23N3O4S. The highest BCUT2D eigenvalue weighted by molar-refractivity contribution is 7.91. The number of benzene rings is 1. The molecule has 1 N–H and O–H groups in total. The third-order valence-electron chi connectivity index (χ3n) is 5.04. The fraction of sp³-hybridized carbons (Fsp3) is 0.333. The Labute approximate surface area is 169 Å². The Morgan fingerprint density at radius 3 is 2.59 bits per heavy atom. The predicted molar refractivity (Wildman–Crippen MR) is 110 cm³/mol. The molecule has 0 unspecified atom stereocenters. The van der Waals surface area contributed by atoms with E-state index in [1.807, 2.05) is 35.9 Å². The molecule has 0 aliphatic carbocycles. The molecule has 0 bridgehead atoms. The Morgan fingerprint density at radius 2 is 1.86 bits per heavy atom. The molecule has 1 aromatic carbocycles. The maximum Gasteiger partial charge on any atom is 0.251 e. The number of nitrogens with zero attached hydrogens (tertiary/aromatic N) is 2. The van der Waals surface area contributed by atoms with Gasteiger partial charge in [-0.1, -0.05) is 6.07 Å². The Balaban J connectivity index is 1.33. The molecule has 4 rings (SSSR count). The van der Waals surface area contributed by atoms with Crippen molar-refractivity contribution in [1.29, 1.82) is 0 Å². The van der Waals surface area contributed by atoms with Crippen molar-refractivity contribution in [3.05, 3.63) is 65.6 Å². The van der Waals surface area contributed by atoms with Gasteiger partial charge in [0.05, 0.1) is 17.2 Å². The molecule has 3 aromatic rings. The fourth-order valence-electron chi connectivity index (χ4n) is 3.39. The van der Waals surface area contributed by atoms with Gasteiger partial charge in [0.1, 0.15) is 27.8 Å². The first-order valence-corrected chi connectivity index (χ1v) is 11.4. The lowest BCUT2D eigenvalue weighted by molar-refractivity contribution is 0.0934. The van der Waals surface area contributed by atoms with Crippen LogP contribution in [0.4, 0.5) is 0 Å². The van der Waals surface area contributed by atoms with Crippen LogP contribution in [0.15, 0.2) is 48.8 Å². The van der Waals surface area contributed by atoms with Crippen LogP contribution in [0.2, 0.25) is 0 Å². The number of carbonyl (C=O) groups excluding carboxylic acids is 1. The highest BCUT2D eigenvalue weighted by Crippen LogP contribution is 2.17. The number of imidazole rings is 1. The van der Waals surface area contributed by atoms with Crippen molar-refractivity contribution in [3.8, 4) is 5.75 Å². The normalized spacial score (nSPS) is 16.6. The number of fused-ring (bicyclic) bond motifs is 1. The van der Waals surface area contributed by atoms with Gasteiger partial charge in [0.2, 0.25) is 0 Å². The van der Waals surface area contributed by atoms with Crippen LogP contribution < -0.4 is 10.1 Å². The molecule has 152 valence electrons. The minimum Gasteiger partial charge on any atom is -0.487 e. The molecule has 8 heteroatoms. The number of sulfone groups is 1. The number of aromatic nitrogens is 2. The summed E-state index contributed by atoms with van der Waals surface area (Å²) in [5.74, 6) is 0.718. The summed E-state index contributed by atoms with van der Waals surface area (Å²) >= 11 is 0. The number of hydrogen-bond donors (Lipinski definition) is 1. The lowest BCUT2D eigenvalue weighted by Gasteiger charge is -2.23. The smallest absolute Gasteiger partial charge is 0.251 e. The number of carbonyl (C=O) groups is 1. The van der Waals surface area contributed by atoms with E-state index >= 15 is 0 Å². The second kappa shape index (κ2) is 7.87. The molecule has 1 aliphatic rings. The zero-order valence-corrected chi connectivity index (χ0v) is 17.0. The number of nitrogens with one attached hydrogen (secondary N) is 1. The van der Waals surface area contributed by atoms with Gasteiger partial charge in [0.25, 0.3) is 5.91 Å². The molecule has 29 heavy (non-hydrogen) atoms. The summed E-state index contributed by atoms with van der Waals surface area (Å²) in [6.07, 6.45) is 4.89. The van der Waals surface area contributed by atoms with Gasteiger partial charge in [0, 0.05) is 24.0 Å². The quantitative estimate of drug-likeness (QED) is 0.694. The molecule has 1 saturated heterocycles. The van der Waals surface area contributed by atoms with E-state index in [1.54, 1.807) is 24.3 Å². The van der Waals surface area contributed by atoms with Crippen molar-refractivity contribution in [1.82, 2.24) is 14.7 Å². The van der Waals surface area contributed by atoms with Crippen molar-refractivity contribution in [2.75, 3.05) is 11.5 Å². The molecule has 1 aliphatic heterocycles. The number of amides is 1. The van der Waals surface area contributed by atoms with Crippen LogP contribution in [0.25, 0.3) is 5.65 Å². The summed E-state index contributed by atoms with van der Waals surface area (Å²) in [6, 6.07) is 10.8. The molecule has 0 spiro atoms. The standard InChI is InChI=1S/C21H23N3O4S/c1-15-2-7-20-22-18(13-24(20)12-15)14-28-19-5-3-16(4-6-19)21(25)23-17-8-10-29(26,27)11-9-17/h2-7,12-13,17H,8-11,14H2,1H3,(H,23,25). The third kappa shape index (κ3) is 4.76. The van der Waals surface area contributed by atoms with E-state index in [2.05, 4.69) is 10.3 Å². The third-order valence-corrected chi connectivity index (χ3v) is 6.76. The van der Waals surface area contributed by atoms with Crippen LogP contribution >= 0.6 is 0 Å². The molecule has 1 amide bonds. The molecule has 0 atom stereocenters. The number of pyridine rings is 1. The monoisotopic (exact) mass is 413 g/mol. The van der Waals surface area contributed by atoms with Crippen molar-refractivity contribution in [2.24, 2.45) is 0 Å². The van der Waals surface area contributed by atoms with E-state index in [0.29, 0.717) is 30.8 Å². The minimum absolute atomic E-state index is 0.0966. The first-order valence-electron chi connectivity index (χ1n) is 9.56. The van der Waals surface area contributed by atoms with Gasteiger partial charge in [-0.05, 0) is 55.7 Å². The van der Waals surface area contributed by atoms with E-state index in [0.717, 1.165) is 16.9 Å². The van der Waals surface area contributed by atoms with Crippen LogP contribution in [-0.2, 0) is 16.4 Å². The van der Waals surface area contributed by atoms with Crippen LogP contribution in [-0.4, -0.2) is 41.3 Å². The maximum absolute atomic E-state index is 12.4. The van der Waals surface area contributed by atoms with Crippen molar-refractivity contribution < 1.29 is 17.9 Å². The van der Waals surface area contributed by atoms with E-state index in [9.17, 15) is 13.2 Å². The van der Waals surface area contributed by atoms with Crippen LogP contribution in [0.5, 0.6) is 5.75 Å². The van der Waals surface area contributed by atoms with E-state index < -0.39 is 9.84 Å². The van der Waals surface area contributed by atoms with E-state index in [-0.39, 0.29) is 23.5 Å². The molecular weight excluding hydrogens is 390 g/mol. The average Bonchev–Trinajstić information content (AvgIpc) is 3.10. The number of ether oxygens (including phenoxy) is 1. The van der Waals surface area contributed by atoms with E-state index in [1.165, 1.54) is 0 Å². The number of hydrogen-bond acceptors (Lipinski definition) is 5. The van der Waals surface area contributed by atoms with E-state index in [4.69, 9.17) is 4.74 Å². The molecule has 0 radical (unpaired) electrons. The lowest BCUT2D eigenvalue weighted by atomic mass is 10.1. The second-order valence-electron chi connectivity index (χ2n) is 7.42. The molecule has 7 nitrogen and oxygen atoms in total. The number of aryl methyl sites for hydroxylation is 1. The summed E-state index contributed by atoms with van der Waals surface area (Å²) in [7, 11) is -2.94. The Hall–Kier alpha value is -2.87. The molecule has 1 fully saturated rings. The topological polar surface area (TPSA) is 89.8 Å².